The van der Waals surface area contributed by atoms with Crippen LogP contribution < -0.4 is 10.6 Å². The zero-order chi connectivity index (χ0) is 15.4. The van der Waals surface area contributed by atoms with Crippen molar-refractivity contribution in [3.05, 3.63) is 35.9 Å². The molecule has 6 nitrogen and oxygen atoms in total. The van der Waals surface area contributed by atoms with Crippen LogP contribution in [-0.2, 0) is 0 Å². The Kier molecular flexibility index (Phi) is 4.92. The molecule has 3 aliphatic rings. The summed E-state index contributed by atoms with van der Waals surface area (Å²) in [6.45, 7) is 6.04. The van der Waals surface area contributed by atoms with Gasteiger partial charge < -0.3 is 15.7 Å². The number of rotatable bonds is 5. The summed E-state index contributed by atoms with van der Waals surface area (Å²) < 4.78 is 0. The fraction of sp³-hybridized carbons (Fsp3) is 0.562. The molecular formula is C16H24N4O2. The molecule has 2 unspecified atom stereocenters. The molecule has 6 heteroatoms. The number of amides is 2. The number of carbonyl (C=O) groups is 1. The van der Waals surface area contributed by atoms with Crippen molar-refractivity contribution in [2.75, 3.05) is 45.9 Å². The van der Waals surface area contributed by atoms with E-state index in [0.29, 0.717) is 12.6 Å². The highest BCUT2D eigenvalue weighted by Crippen LogP contribution is 2.15. The number of aliphatic hydroxyl groups excluding tert-OH is 1. The standard InChI is InChI=1S/C16H24N4O2/c21-12-15(13-4-2-1-3-5-13)18-16(22)17-10-14-11-19-6-8-20(14)9-7-19/h1-5,14-15,21H,6-12H2,(H2,17,18,22). The van der Waals surface area contributed by atoms with Gasteiger partial charge >= 0.3 is 6.03 Å². The highest BCUT2D eigenvalue weighted by atomic mass is 16.3. The fourth-order valence-corrected chi connectivity index (χ4v) is 3.26. The molecule has 0 radical (unpaired) electrons. The second-order valence-corrected chi connectivity index (χ2v) is 5.99. The van der Waals surface area contributed by atoms with Crippen LogP contribution in [-0.4, -0.2) is 72.9 Å². The number of hydrogen-bond acceptors (Lipinski definition) is 4. The molecule has 3 heterocycles. The molecule has 0 spiro atoms. The van der Waals surface area contributed by atoms with Crippen LogP contribution in [0, 0.1) is 0 Å². The summed E-state index contributed by atoms with van der Waals surface area (Å²) in [5, 5.41) is 15.3. The molecule has 22 heavy (non-hydrogen) atoms. The van der Waals surface area contributed by atoms with Crippen LogP contribution in [0.5, 0.6) is 0 Å². The van der Waals surface area contributed by atoms with E-state index in [1.165, 1.54) is 0 Å². The van der Waals surface area contributed by atoms with Crippen LogP contribution in [0.15, 0.2) is 30.3 Å². The van der Waals surface area contributed by atoms with Crippen molar-refractivity contribution in [3.63, 3.8) is 0 Å². The summed E-state index contributed by atoms with van der Waals surface area (Å²) in [5.74, 6) is 0. The number of benzene rings is 1. The Morgan fingerprint density at radius 2 is 1.95 bits per heavy atom. The van der Waals surface area contributed by atoms with E-state index in [1.807, 2.05) is 30.3 Å². The van der Waals surface area contributed by atoms with Crippen LogP contribution in [0.25, 0.3) is 0 Å². The van der Waals surface area contributed by atoms with Crippen LogP contribution in [0.2, 0.25) is 0 Å². The van der Waals surface area contributed by atoms with Crippen LogP contribution in [0.3, 0.4) is 0 Å². The molecule has 0 aromatic heterocycles. The second-order valence-electron chi connectivity index (χ2n) is 5.99. The van der Waals surface area contributed by atoms with Crippen molar-refractivity contribution in [1.82, 2.24) is 20.4 Å². The van der Waals surface area contributed by atoms with E-state index >= 15 is 0 Å². The van der Waals surface area contributed by atoms with Gasteiger partial charge in [-0.1, -0.05) is 30.3 Å². The van der Waals surface area contributed by atoms with Gasteiger partial charge in [-0.3, -0.25) is 9.80 Å². The minimum Gasteiger partial charge on any atom is -0.394 e. The van der Waals surface area contributed by atoms with Gasteiger partial charge in [-0.05, 0) is 5.56 Å². The molecule has 3 fully saturated rings. The molecule has 2 bridgehead atoms. The molecule has 3 N–H and O–H groups in total. The average Bonchev–Trinajstić information content (AvgIpc) is 2.59. The first-order chi connectivity index (χ1) is 10.8. The number of hydrogen-bond donors (Lipinski definition) is 3. The lowest BCUT2D eigenvalue weighted by Gasteiger charge is -2.47. The Morgan fingerprint density at radius 1 is 1.23 bits per heavy atom. The SMILES string of the molecule is O=C(NCC1CN2CCN1CC2)NC(CO)c1ccccc1. The van der Waals surface area contributed by atoms with Gasteiger partial charge in [-0.15, -0.1) is 0 Å². The minimum absolute atomic E-state index is 0.110. The van der Waals surface area contributed by atoms with Crippen molar-refractivity contribution in [3.8, 4) is 0 Å². The van der Waals surface area contributed by atoms with Crippen molar-refractivity contribution < 1.29 is 9.90 Å². The zero-order valence-electron chi connectivity index (χ0n) is 12.7. The highest BCUT2D eigenvalue weighted by Gasteiger charge is 2.31. The largest absolute Gasteiger partial charge is 0.394 e. The average molecular weight is 304 g/mol. The third-order valence-electron chi connectivity index (χ3n) is 4.58. The summed E-state index contributed by atoms with van der Waals surface area (Å²) in [6, 6.07) is 9.34. The molecule has 0 aliphatic carbocycles. The molecule has 2 amide bonds. The number of nitrogens with one attached hydrogen (secondary N) is 2. The third-order valence-corrected chi connectivity index (χ3v) is 4.58. The summed E-state index contributed by atoms with van der Waals surface area (Å²) >= 11 is 0. The van der Waals surface area contributed by atoms with E-state index in [4.69, 9.17) is 0 Å². The Hall–Kier alpha value is -1.63. The van der Waals surface area contributed by atoms with Crippen LogP contribution in [0.1, 0.15) is 11.6 Å². The zero-order valence-corrected chi connectivity index (χ0v) is 12.7. The molecule has 3 saturated heterocycles. The first kappa shape index (κ1) is 15.3. The minimum atomic E-state index is -0.368. The maximum absolute atomic E-state index is 12.1. The van der Waals surface area contributed by atoms with Gasteiger partial charge in [-0.25, -0.2) is 4.79 Å². The predicted molar refractivity (Wildman–Crippen MR) is 84.6 cm³/mol. The first-order valence-electron chi connectivity index (χ1n) is 7.93. The summed E-state index contributed by atoms with van der Waals surface area (Å²) in [5.41, 5.74) is 0.909. The molecule has 3 aliphatic heterocycles. The van der Waals surface area contributed by atoms with Gasteiger partial charge in [0.15, 0.2) is 0 Å². The first-order valence-corrected chi connectivity index (χ1v) is 7.93. The van der Waals surface area contributed by atoms with Crippen molar-refractivity contribution in [2.24, 2.45) is 0 Å². The predicted octanol–water partition coefficient (Wildman–Crippen LogP) is 0.0190. The Bertz CT molecular complexity index is 488. The van der Waals surface area contributed by atoms with Crippen LogP contribution >= 0.6 is 0 Å². The van der Waals surface area contributed by atoms with Gasteiger partial charge in [0.05, 0.1) is 12.6 Å². The Labute approximate surface area is 131 Å². The van der Waals surface area contributed by atoms with Gasteiger partial charge in [-0.2, -0.15) is 0 Å². The van der Waals surface area contributed by atoms with Crippen molar-refractivity contribution in [1.29, 1.82) is 0 Å². The van der Waals surface area contributed by atoms with E-state index in [0.717, 1.165) is 38.3 Å². The number of fused-ring (bicyclic) bond motifs is 3. The molecule has 1 aromatic rings. The van der Waals surface area contributed by atoms with Gasteiger partial charge in [0, 0.05) is 45.3 Å². The second kappa shape index (κ2) is 7.09. The lowest BCUT2D eigenvalue weighted by Crippen LogP contribution is -2.63. The van der Waals surface area contributed by atoms with Crippen molar-refractivity contribution in [2.45, 2.75) is 12.1 Å². The molecule has 120 valence electrons. The van der Waals surface area contributed by atoms with E-state index in [-0.39, 0.29) is 18.7 Å². The lowest BCUT2D eigenvalue weighted by atomic mass is 10.1. The maximum atomic E-state index is 12.1. The monoisotopic (exact) mass is 304 g/mol. The fourth-order valence-electron chi connectivity index (χ4n) is 3.26. The van der Waals surface area contributed by atoms with Gasteiger partial charge in [0.2, 0.25) is 0 Å². The Morgan fingerprint density at radius 3 is 2.55 bits per heavy atom. The third kappa shape index (κ3) is 3.58. The quantitative estimate of drug-likeness (QED) is 0.717. The van der Waals surface area contributed by atoms with Gasteiger partial charge in [0.1, 0.15) is 0 Å². The normalized spacial score (nSPS) is 28.1. The number of aliphatic hydroxyl groups is 1. The van der Waals surface area contributed by atoms with Crippen LogP contribution in [0.4, 0.5) is 4.79 Å². The van der Waals surface area contributed by atoms with Gasteiger partial charge in [0.25, 0.3) is 0 Å². The number of carbonyl (C=O) groups excluding carboxylic acids is 1. The smallest absolute Gasteiger partial charge is 0.315 e. The molecule has 1 aromatic carbocycles. The number of nitrogens with zero attached hydrogens (tertiary/aromatic N) is 2. The summed E-state index contributed by atoms with van der Waals surface area (Å²) in [6.07, 6.45) is 0. The molecule has 2 atom stereocenters. The topological polar surface area (TPSA) is 67.8 Å². The lowest BCUT2D eigenvalue weighted by molar-refractivity contribution is 0.0147. The maximum Gasteiger partial charge on any atom is 0.315 e. The number of piperazine rings is 3. The van der Waals surface area contributed by atoms with Crippen molar-refractivity contribution >= 4 is 6.03 Å². The van der Waals surface area contributed by atoms with E-state index < -0.39 is 0 Å². The molecular weight excluding hydrogens is 280 g/mol. The summed E-state index contributed by atoms with van der Waals surface area (Å²) in [7, 11) is 0. The molecule has 0 saturated carbocycles. The number of urea groups is 1. The van der Waals surface area contributed by atoms with E-state index in [2.05, 4.69) is 20.4 Å². The summed E-state index contributed by atoms with van der Waals surface area (Å²) in [4.78, 5) is 17.0. The Balaban J connectivity index is 1.48. The highest BCUT2D eigenvalue weighted by molar-refractivity contribution is 5.74. The van der Waals surface area contributed by atoms with E-state index in [9.17, 15) is 9.90 Å². The molecule has 4 rings (SSSR count). The van der Waals surface area contributed by atoms with E-state index in [1.54, 1.807) is 0 Å².